The van der Waals surface area contributed by atoms with Gasteiger partial charge in [-0.1, -0.05) is 0 Å². The molecule has 0 radical (unpaired) electrons. The summed E-state index contributed by atoms with van der Waals surface area (Å²) in [5.41, 5.74) is 9.08. The topological polar surface area (TPSA) is 67.3 Å². The largest absolute Gasteiger partial charge is 0.508 e. The maximum absolute atomic E-state index is 9.28. The van der Waals surface area contributed by atoms with E-state index in [-0.39, 0.29) is 5.75 Å². The summed E-state index contributed by atoms with van der Waals surface area (Å²) in [5, 5.41) is 13.6. The van der Waals surface area contributed by atoms with E-state index in [0.29, 0.717) is 5.82 Å². The van der Waals surface area contributed by atoms with Gasteiger partial charge in [-0.15, -0.1) is 0 Å². The zero-order valence-corrected chi connectivity index (χ0v) is 9.59. The molecule has 2 aromatic rings. The second-order valence-corrected chi connectivity index (χ2v) is 4.41. The van der Waals surface area contributed by atoms with Crippen LogP contribution in [0.15, 0.2) is 24.3 Å². The average molecular weight is 230 g/mol. The van der Waals surface area contributed by atoms with Gasteiger partial charge in [-0.05, 0) is 31.3 Å². The highest BCUT2D eigenvalue weighted by molar-refractivity contribution is 5.49. The van der Waals surface area contributed by atoms with Crippen molar-refractivity contribution in [2.24, 2.45) is 0 Å². The van der Waals surface area contributed by atoms with Crippen LogP contribution in [0.25, 0.3) is 5.69 Å². The molecule has 88 valence electrons. The molecular weight excluding hydrogens is 216 g/mol. The SMILES string of the molecule is CN1Cc2c(N)nn(-c3ccc(O)cc3)c2C1. The third-order valence-corrected chi connectivity index (χ3v) is 3.06. The molecule has 2 heterocycles. The minimum absolute atomic E-state index is 0.252. The van der Waals surface area contributed by atoms with E-state index in [9.17, 15) is 5.11 Å². The molecule has 17 heavy (non-hydrogen) atoms. The summed E-state index contributed by atoms with van der Waals surface area (Å²) in [5.74, 6) is 0.847. The second-order valence-electron chi connectivity index (χ2n) is 4.41. The fraction of sp³-hybridized carbons (Fsp3) is 0.250. The molecule has 1 aromatic carbocycles. The highest BCUT2D eigenvalue weighted by Crippen LogP contribution is 2.28. The van der Waals surface area contributed by atoms with E-state index in [2.05, 4.69) is 17.0 Å². The van der Waals surface area contributed by atoms with Crippen LogP contribution in [-0.2, 0) is 13.1 Å². The van der Waals surface area contributed by atoms with Crippen LogP contribution in [0.5, 0.6) is 5.75 Å². The van der Waals surface area contributed by atoms with Gasteiger partial charge in [0.2, 0.25) is 0 Å². The van der Waals surface area contributed by atoms with Crippen LogP contribution in [0.3, 0.4) is 0 Å². The third-order valence-electron chi connectivity index (χ3n) is 3.06. The Hall–Kier alpha value is -2.01. The maximum atomic E-state index is 9.28. The van der Waals surface area contributed by atoms with E-state index in [1.54, 1.807) is 12.1 Å². The summed E-state index contributed by atoms with van der Waals surface area (Å²) in [7, 11) is 2.06. The van der Waals surface area contributed by atoms with Crippen LogP contribution in [0, 0.1) is 0 Å². The average Bonchev–Trinajstić information content (AvgIpc) is 2.80. The van der Waals surface area contributed by atoms with Crippen molar-refractivity contribution in [1.29, 1.82) is 0 Å². The van der Waals surface area contributed by atoms with Gasteiger partial charge in [0.05, 0.1) is 11.4 Å². The quantitative estimate of drug-likeness (QED) is 0.770. The van der Waals surface area contributed by atoms with E-state index in [0.717, 1.165) is 30.0 Å². The van der Waals surface area contributed by atoms with Gasteiger partial charge < -0.3 is 10.8 Å². The van der Waals surface area contributed by atoms with Gasteiger partial charge in [0.15, 0.2) is 5.82 Å². The first-order valence-corrected chi connectivity index (χ1v) is 5.49. The maximum Gasteiger partial charge on any atom is 0.150 e. The smallest absolute Gasteiger partial charge is 0.150 e. The van der Waals surface area contributed by atoms with Crippen molar-refractivity contribution in [3.05, 3.63) is 35.5 Å². The number of phenolic OH excluding ortho intramolecular Hbond substituents is 1. The Kier molecular flexibility index (Phi) is 2.09. The molecule has 0 saturated carbocycles. The van der Waals surface area contributed by atoms with E-state index in [4.69, 9.17) is 5.73 Å². The Bertz CT molecular complexity index is 559. The number of nitrogen functional groups attached to an aromatic ring is 1. The van der Waals surface area contributed by atoms with Crippen molar-refractivity contribution < 1.29 is 5.11 Å². The first-order chi connectivity index (χ1) is 8.15. The van der Waals surface area contributed by atoms with Crippen molar-refractivity contribution in [3.8, 4) is 11.4 Å². The molecular formula is C12H14N4O. The third kappa shape index (κ3) is 1.55. The molecule has 0 unspecified atom stereocenters. The van der Waals surface area contributed by atoms with Crippen molar-refractivity contribution in [3.63, 3.8) is 0 Å². The lowest BCUT2D eigenvalue weighted by Gasteiger charge is -2.08. The zero-order chi connectivity index (χ0) is 12.0. The molecule has 1 aliphatic heterocycles. The number of benzene rings is 1. The summed E-state index contributed by atoms with van der Waals surface area (Å²) in [4.78, 5) is 2.19. The molecule has 0 aliphatic carbocycles. The molecule has 3 N–H and O–H groups in total. The van der Waals surface area contributed by atoms with Crippen molar-refractivity contribution >= 4 is 5.82 Å². The number of aromatic nitrogens is 2. The molecule has 5 heteroatoms. The number of hydrogen-bond acceptors (Lipinski definition) is 4. The molecule has 1 aliphatic rings. The second kappa shape index (κ2) is 3.49. The minimum Gasteiger partial charge on any atom is -0.508 e. The normalized spacial score (nSPS) is 15.1. The lowest BCUT2D eigenvalue weighted by atomic mass is 10.2. The molecule has 0 bridgehead atoms. The Labute approximate surface area is 99.1 Å². The van der Waals surface area contributed by atoms with E-state index < -0.39 is 0 Å². The van der Waals surface area contributed by atoms with Gasteiger partial charge in [-0.2, -0.15) is 5.10 Å². The van der Waals surface area contributed by atoms with Gasteiger partial charge in [-0.3, -0.25) is 4.90 Å². The number of hydrogen-bond donors (Lipinski definition) is 2. The highest BCUT2D eigenvalue weighted by atomic mass is 16.3. The van der Waals surface area contributed by atoms with E-state index in [1.807, 2.05) is 16.8 Å². The fourth-order valence-corrected chi connectivity index (χ4v) is 2.23. The Morgan fingerprint density at radius 2 is 1.94 bits per heavy atom. The summed E-state index contributed by atoms with van der Waals surface area (Å²) in [6.45, 7) is 1.69. The van der Waals surface area contributed by atoms with Crippen molar-refractivity contribution in [1.82, 2.24) is 14.7 Å². The van der Waals surface area contributed by atoms with Gasteiger partial charge in [-0.25, -0.2) is 4.68 Å². The summed E-state index contributed by atoms with van der Waals surface area (Å²) < 4.78 is 1.85. The molecule has 5 nitrogen and oxygen atoms in total. The van der Waals surface area contributed by atoms with Crippen LogP contribution in [0.1, 0.15) is 11.3 Å². The number of rotatable bonds is 1. The summed E-state index contributed by atoms with van der Waals surface area (Å²) >= 11 is 0. The number of phenols is 1. The molecule has 0 atom stereocenters. The van der Waals surface area contributed by atoms with Crippen LogP contribution < -0.4 is 5.73 Å². The first kappa shape index (κ1) is 10.2. The standard InChI is InChI=1S/C12H14N4O/c1-15-6-10-11(7-15)16(14-12(10)13)8-2-4-9(17)5-3-8/h2-5,17H,6-7H2,1H3,(H2,13,14). The van der Waals surface area contributed by atoms with Crippen molar-refractivity contribution in [2.45, 2.75) is 13.1 Å². The lowest BCUT2D eigenvalue weighted by molar-refractivity contribution is 0.346. The van der Waals surface area contributed by atoms with Gasteiger partial charge in [0.25, 0.3) is 0 Å². The number of anilines is 1. The summed E-state index contributed by atoms with van der Waals surface area (Å²) in [6, 6.07) is 6.97. The number of aromatic hydroxyl groups is 1. The number of nitrogens with zero attached hydrogens (tertiary/aromatic N) is 3. The van der Waals surface area contributed by atoms with Crippen LogP contribution in [0.2, 0.25) is 0 Å². The van der Waals surface area contributed by atoms with Crippen LogP contribution in [0.4, 0.5) is 5.82 Å². The van der Waals surface area contributed by atoms with Crippen LogP contribution in [-0.4, -0.2) is 26.8 Å². The molecule has 0 amide bonds. The predicted molar refractivity (Wildman–Crippen MR) is 64.8 cm³/mol. The van der Waals surface area contributed by atoms with Crippen LogP contribution >= 0.6 is 0 Å². The zero-order valence-electron chi connectivity index (χ0n) is 9.59. The molecule has 0 spiro atoms. The Balaban J connectivity index is 2.10. The monoisotopic (exact) mass is 230 g/mol. The molecule has 3 rings (SSSR count). The highest BCUT2D eigenvalue weighted by Gasteiger charge is 2.24. The van der Waals surface area contributed by atoms with Gasteiger partial charge in [0, 0.05) is 18.7 Å². The van der Waals surface area contributed by atoms with E-state index >= 15 is 0 Å². The van der Waals surface area contributed by atoms with Gasteiger partial charge in [0.1, 0.15) is 5.75 Å². The lowest BCUT2D eigenvalue weighted by Crippen LogP contribution is -2.12. The summed E-state index contributed by atoms with van der Waals surface area (Å²) in [6.07, 6.45) is 0. The fourth-order valence-electron chi connectivity index (χ4n) is 2.23. The predicted octanol–water partition coefficient (Wildman–Crippen LogP) is 1.11. The molecule has 0 fully saturated rings. The Morgan fingerprint density at radius 3 is 2.65 bits per heavy atom. The number of nitrogens with two attached hydrogens (primary N) is 1. The van der Waals surface area contributed by atoms with Gasteiger partial charge >= 0.3 is 0 Å². The molecule has 0 saturated heterocycles. The first-order valence-electron chi connectivity index (χ1n) is 5.49. The van der Waals surface area contributed by atoms with Crippen molar-refractivity contribution in [2.75, 3.05) is 12.8 Å². The van der Waals surface area contributed by atoms with E-state index in [1.165, 1.54) is 0 Å². The molecule has 1 aromatic heterocycles. The minimum atomic E-state index is 0.252. The Morgan fingerprint density at radius 1 is 1.24 bits per heavy atom. The number of fused-ring (bicyclic) bond motifs is 1.